The van der Waals surface area contributed by atoms with Crippen LogP contribution in [0, 0.1) is 11.3 Å². The second kappa shape index (κ2) is 12.7. The van der Waals surface area contributed by atoms with Crippen molar-refractivity contribution >= 4 is 29.7 Å². The second-order valence-electron chi connectivity index (χ2n) is 11.5. The number of nitrogens with one attached hydrogen (secondary N) is 2. The first-order valence-corrected chi connectivity index (χ1v) is 14.1. The van der Waals surface area contributed by atoms with Gasteiger partial charge < -0.3 is 26.8 Å². The first-order valence-electron chi connectivity index (χ1n) is 14.1. The molecule has 2 heterocycles. The van der Waals surface area contributed by atoms with Crippen molar-refractivity contribution in [2.45, 2.75) is 61.4 Å². The van der Waals surface area contributed by atoms with Gasteiger partial charge in [0.2, 0.25) is 0 Å². The maximum Gasteiger partial charge on any atom is 0.324 e. The monoisotopic (exact) mass is 604 g/mol. The van der Waals surface area contributed by atoms with E-state index in [4.69, 9.17) is 21.4 Å². The van der Waals surface area contributed by atoms with Crippen molar-refractivity contribution in [3.63, 3.8) is 0 Å². The molecule has 4 atom stereocenters. The third-order valence-electron chi connectivity index (χ3n) is 9.06. The van der Waals surface area contributed by atoms with Crippen LogP contribution in [-0.2, 0) is 9.59 Å². The Morgan fingerprint density at radius 3 is 1.59 bits per heavy atom. The molecule has 2 aromatic carbocycles. The highest BCUT2D eigenvalue weighted by molar-refractivity contribution is 6.07. The molecule has 2 saturated carbocycles. The molecule has 0 bridgehead atoms. The fourth-order valence-electron chi connectivity index (χ4n) is 6.60. The minimum Gasteiger partial charge on any atom is -0.409 e. The first kappa shape index (κ1) is 31.9. The molecule has 14 nitrogen and oxygen atoms in total. The number of nitrogens with two attached hydrogens (primary N) is 2. The van der Waals surface area contributed by atoms with Crippen molar-refractivity contribution in [2.75, 3.05) is 14.1 Å². The van der Waals surface area contributed by atoms with Gasteiger partial charge in [-0.1, -0.05) is 41.6 Å². The Bertz CT molecular complexity index is 1500. The van der Waals surface area contributed by atoms with Crippen LogP contribution < -0.4 is 22.3 Å². The molecular weight excluding hydrogens is 568 g/mol. The minimum atomic E-state index is -0.749. The van der Waals surface area contributed by atoms with Crippen molar-refractivity contribution in [2.24, 2.45) is 16.8 Å². The van der Waals surface area contributed by atoms with Gasteiger partial charge in [0.25, 0.3) is 11.8 Å². The van der Waals surface area contributed by atoms with E-state index in [1.165, 1.54) is 19.0 Å². The predicted octanol–water partition coefficient (Wildman–Crippen LogP) is 2.05. The smallest absolute Gasteiger partial charge is 0.324 e. The molecule has 44 heavy (non-hydrogen) atoms. The Labute approximate surface area is 254 Å². The van der Waals surface area contributed by atoms with Gasteiger partial charge in [0.15, 0.2) is 5.84 Å². The van der Waals surface area contributed by atoms with E-state index in [0.29, 0.717) is 36.8 Å². The Morgan fingerprint density at radius 1 is 0.841 bits per heavy atom. The summed E-state index contributed by atoms with van der Waals surface area (Å²) in [6, 6.07) is 16.3. The number of carbonyl (C=O) groups is 4. The Hall–Kier alpha value is -5.00. The van der Waals surface area contributed by atoms with E-state index in [1.807, 2.05) is 24.3 Å². The molecule has 4 aliphatic rings. The van der Waals surface area contributed by atoms with Gasteiger partial charge in [0.1, 0.15) is 11.1 Å². The fourth-order valence-corrected chi connectivity index (χ4v) is 6.60. The van der Waals surface area contributed by atoms with E-state index in [9.17, 15) is 19.2 Å². The number of imide groups is 2. The molecule has 8 N–H and O–H groups in total. The second-order valence-corrected chi connectivity index (χ2v) is 11.5. The summed E-state index contributed by atoms with van der Waals surface area (Å²) in [5, 5.41) is 32.6. The van der Waals surface area contributed by atoms with Gasteiger partial charge in [0.05, 0.1) is 11.6 Å². The van der Waals surface area contributed by atoms with E-state index in [-0.39, 0.29) is 41.5 Å². The number of urea groups is 2. The molecule has 0 radical (unpaired) electrons. The number of hydrogen-bond acceptors (Lipinski definition) is 9. The molecule has 6 amide bonds. The van der Waals surface area contributed by atoms with Crippen LogP contribution in [0.4, 0.5) is 9.59 Å². The summed E-state index contributed by atoms with van der Waals surface area (Å²) in [6.07, 6.45) is 4.26. The number of nitriles is 1. The third-order valence-corrected chi connectivity index (χ3v) is 9.06. The number of amidine groups is 1. The highest BCUT2D eigenvalue weighted by atomic mass is 16.4. The normalized spacial score (nSPS) is 27.5. The summed E-state index contributed by atoms with van der Waals surface area (Å²) in [5.74, 6) is 3.75. The maximum absolute atomic E-state index is 12.3. The standard InChI is InChI=1S/C15H18N4O3.C15H15N3O2.H3NO/c1-19-13(20)15(17-14(19)21)7-6-11(8-15)9-2-4-10(5-3-9)12(16)18-22;1-18-13(19)15(17-14(18)20)7-6-12(8-15)11-4-2-10(9-16)3-5-11;1-2/h2-5,11,22H,6-8H2,1H3,(H2,16,18)(H,17,21);2-5,12H,6-8H2,1H3,(H,17,20);2H,1H2/t11-,15?;12-,15?;/m00./s1. The predicted molar refractivity (Wildman–Crippen MR) is 157 cm³/mol. The highest BCUT2D eigenvalue weighted by Gasteiger charge is 2.54. The van der Waals surface area contributed by atoms with E-state index in [2.05, 4.69) is 27.8 Å². The molecule has 4 fully saturated rings. The van der Waals surface area contributed by atoms with Crippen molar-refractivity contribution < 1.29 is 29.6 Å². The summed E-state index contributed by atoms with van der Waals surface area (Å²) < 4.78 is 0. The van der Waals surface area contributed by atoms with Gasteiger partial charge in [-0.3, -0.25) is 19.4 Å². The average molecular weight is 605 g/mol. The summed E-state index contributed by atoms with van der Waals surface area (Å²) >= 11 is 0. The van der Waals surface area contributed by atoms with Crippen LogP contribution in [0.25, 0.3) is 0 Å². The number of hydrogen-bond donors (Lipinski definition) is 6. The van der Waals surface area contributed by atoms with E-state index < -0.39 is 11.1 Å². The zero-order chi connectivity index (χ0) is 32.2. The molecule has 2 aromatic rings. The number of amides is 6. The van der Waals surface area contributed by atoms with Gasteiger partial charge in [-0.2, -0.15) is 5.26 Å². The zero-order valence-corrected chi connectivity index (χ0v) is 24.5. The van der Waals surface area contributed by atoms with Crippen LogP contribution in [0.2, 0.25) is 0 Å². The minimum absolute atomic E-state index is 0.0642. The number of oxime groups is 1. The summed E-state index contributed by atoms with van der Waals surface area (Å²) in [5.41, 5.74) is 7.56. The highest BCUT2D eigenvalue weighted by Crippen LogP contribution is 2.44. The summed E-state index contributed by atoms with van der Waals surface area (Å²) in [4.78, 5) is 50.1. The van der Waals surface area contributed by atoms with Crippen LogP contribution in [0.1, 0.15) is 72.6 Å². The Morgan fingerprint density at radius 2 is 1.25 bits per heavy atom. The first-order chi connectivity index (χ1) is 21.0. The molecule has 2 spiro atoms. The Kier molecular flexibility index (Phi) is 9.22. The number of likely N-dealkylation sites (N-methyl/N-ethyl adjacent to an activating group) is 2. The number of nitrogens with zero attached hydrogens (tertiary/aromatic N) is 4. The van der Waals surface area contributed by atoms with Gasteiger partial charge in [0, 0.05) is 19.7 Å². The molecule has 2 aliphatic carbocycles. The molecule has 2 saturated heterocycles. The maximum atomic E-state index is 12.3. The molecule has 0 aromatic heterocycles. The number of rotatable bonds is 3. The van der Waals surface area contributed by atoms with E-state index in [1.54, 1.807) is 24.3 Å². The largest absolute Gasteiger partial charge is 0.409 e. The van der Waals surface area contributed by atoms with Crippen molar-refractivity contribution in [3.05, 3.63) is 70.8 Å². The van der Waals surface area contributed by atoms with Crippen LogP contribution >= 0.6 is 0 Å². The summed E-state index contributed by atoms with van der Waals surface area (Å²) in [6.45, 7) is 0. The SMILES string of the molecule is CN1C(=O)NC2(CC[C@H](c3ccc(/C(N)=N/O)cc3)C2)C1=O.CN1C(=O)NC2(CC[C@H](c3ccc(C#N)cc3)C2)C1=O.NO. The van der Waals surface area contributed by atoms with Crippen LogP contribution in [0.3, 0.4) is 0 Å². The van der Waals surface area contributed by atoms with Crippen molar-refractivity contribution in [1.29, 1.82) is 5.26 Å². The van der Waals surface area contributed by atoms with E-state index >= 15 is 0 Å². The third kappa shape index (κ3) is 5.79. The molecule has 232 valence electrons. The molecule has 2 aliphatic heterocycles. The lowest BCUT2D eigenvalue weighted by Crippen LogP contribution is -2.44. The van der Waals surface area contributed by atoms with E-state index in [0.717, 1.165) is 28.9 Å². The molecule has 14 heteroatoms. The van der Waals surface area contributed by atoms with Crippen LogP contribution in [-0.4, -0.2) is 75.1 Å². The van der Waals surface area contributed by atoms with Crippen LogP contribution in [0.15, 0.2) is 53.7 Å². The zero-order valence-electron chi connectivity index (χ0n) is 24.5. The van der Waals surface area contributed by atoms with Crippen LogP contribution in [0.5, 0.6) is 0 Å². The van der Waals surface area contributed by atoms with Gasteiger partial charge >= 0.3 is 12.1 Å². The molecule has 6 rings (SSSR count). The number of benzene rings is 2. The number of carbonyl (C=O) groups excluding carboxylic acids is 4. The van der Waals surface area contributed by atoms with Gasteiger partial charge in [-0.15, -0.1) is 0 Å². The lowest BCUT2D eigenvalue weighted by Gasteiger charge is -2.20. The van der Waals surface area contributed by atoms with Crippen molar-refractivity contribution in [3.8, 4) is 6.07 Å². The summed E-state index contributed by atoms with van der Waals surface area (Å²) in [7, 11) is 3.02. The van der Waals surface area contributed by atoms with Gasteiger partial charge in [-0.25, -0.2) is 15.5 Å². The molecule has 2 unspecified atom stereocenters. The lowest BCUT2D eigenvalue weighted by molar-refractivity contribution is -0.131. The Balaban J connectivity index is 0.000000191. The fraction of sp³-hybridized carbons (Fsp3) is 0.400. The lowest BCUT2D eigenvalue weighted by atomic mass is 9.92. The van der Waals surface area contributed by atoms with Gasteiger partial charge in [-0.05, 0) is 73.6 Å². The van der Waals surface area contributed by atoms with Crippen molar-refractivity contribution in [1.82, 2.24) is 20.4 Å². The molecular formula is C30H36N8O6. The quantitative estimate of drug-likeness (QED) is 0.0989. The topological polar surface area (TPSA) is 227 Å². The average Bonchev–Trinajstić information content (AvgIpc) is 3.79.